The van der Waals surface area contributed by atoms with Gasteiger partial charge in [-0.05, 0) is 31.5 Å². The molecular weight excluding hydrogens is 258 g/mol. The second-order valence-electron chi connectivity index (χ2n) is 4.65. The number of aliphatic hydroxyl groups is 1. The Morgan fingerprint density at radius 2 is 2.35 bits per heavy atom. The van der Waals surface area contributed by atoms with E-state index in [4.69, 9.17) is 4.74 Å². The number of carbonyl (C=O) groups excluding carboxylic acids is 1. The van der Waals surface area contributed by atoms with Crippen LogP contribution in [0.15, 0.2) is 18.2 Å². The standard InChI is InChI=1S/C14H21N3O3/c1-3-15-14(19)17(4-2)8-10-5-6-11-12(7-10)20-9-13(18)16-11/h5-7,13,16,18H,3-4,8-9H2,1-2H3,(H,15,19)/t13-/m1/s1. The van der Waals surface area contributed by atoms with Gasteiger partial charge >= 0.3 is 6.03 Å². The van der Waals surface area contributed by atoms with Crippen LogP contribution in [-0.4, -0.2) is 42.0 Å². The van der Waals surface area contributed by atoms with Crippen molar-refractivity contribution < 1.29 is 14.6 Å². The average Bonchev–Trinajstić information content (AvgIpc) is 2.45. The van der Waals surface area contributed by atoms with E-state index in [1.54, 1.807) is 4.90 Å². The number of carbonyl (C=O) groups is 1. The highest BCUT2D eigenvalue weighted by molar-refractivity contribution is 5.74. The van der Waals surface area contributed by atoms with Gasteiger partial charge < -0.3 is 25.4 Å². The molecule has 0 radical (unpaired) electrons. The highest BCUT2D eigenvalue weighted by Gasteiger charge is 2.17. The van der Waals surface area contributed by atoms with E-state index in [-0.39, 0.29) is 12.6 Å². The first-order chi connectivity index (χ1) is 9.63. The lowest BCUT2D eigenvalue weighted by atomic mass is 10.1. The molecule has 1 aliphatic rings. The Hall–Kier alpha value is -1.95. The summed E-state index contributed by atoms with van der Waals surface area (Å²) in [7, 11) is 0. The number of amides is 2. The smallest absolute Gasteiger partial charge is 0.317 e. The number of hydrogen-bond donors (Lipinski definition) is 3. The van der Waals surface area contributed by atoms with Crippen LogP contribution in [0.5, 0.6) is 5.75 Å². The predicted molar refractivity (Wildman–Crippen MR) is 76.7 cm³/mol. The number of fused-ring (bicyclic) bond motifs is 1. The molecule has 1 aliphatic heterocycles. The number of benzene rings is 1. The van der Waals surface area contributed by atoms with Crippen LogP contribution in [0, 0.1) is 0 Å². The summed E-state index contributed by atoms with van der Waals surface area (Å²) in [6, 6.07) is 5.62. The Kier molecular flexibility index (Phi) is 4.68. The van der Waals surface area contributed by atoms with Gasteiger partial charge in [-0.1, -0.05) is 6.07 Å². The number of hydrogen-bond acceptors (Lipinski definition) is 4. The van der Waals surface area contributed by atoms with Crippen molar-refractivity contribution in [1.82, 2.24) is 10.2 Å². The molecule has 0 aromatic heterocycles. The molecule has 1 heterocycles. The summed E-state index contributed by atoms with van der Waals surface area (Å²) in [4.78, 5) is 13.6. The van der Waals surface area contributed by atoms with Crippen molar-refractivity contribution in [3.05, 3.63) is 23.8 Å². The van der Waals surface area contributed by atoms with Gasteiger partial charge in [0.15, 0.2) is 6.23 Å². The summed E-state index contributed by atoms with van der Waals surface area (Å²) in [6.45, 7) is 5.86. The Balaban J connectivity index is 2.08. The Morgan fingerprint density at radius 3 is 3.05 bits per heavy atom. The zero-order valence-electron chi connectivity index (χ0n) is 11.8. The average molecular weight is 279 g/mol. The summed E-state index contributed by atoms with van der Waals surface area (Å²) >= 11 is 0. The lowest BCUT2D eigenvalue weighted by Gasteiger charge is -2.25. The third-order valence-corrected chi connectivity index (χ3v) is 3.14. The van der Waals surface area contributed by atoms with Gasteiger partial charge in [0.2, 0.25) is 0 Å². The number of nitrogens with zero attached hydrogens (tertiary/aromatic N) is 1. The molecule has 6 heteroatoms. The van der Waals surface area contributed by atoms with Gasteiger partial charge in [0.05, 0.1) is 5.69 Å². The molecule has 0 saturated heterocycles. The van der Waals surface area contributed by atoms with Crippen molar-refractivity contribution in [2.24, 2.45) is 0 Å². The molecular formula is C14H21N3O3. The zero-order chi connectivity index (χ0) is 14.5. The van der Waals surface area contributed by atoms with Crippen LogP contribution in [0.2, 0.25) is 0 Å². The summed E-state index contributed by atoms with van der Waals surface area (Å²) in [5.74, 6) is 0.708. The molecule has 1 atom stereocenters. The van der Waals surface area contributed by atoms with E-state index in [0.29, 0.717) is 25.4 Å². The summed E-state index contributed by atoms with van der Waals surface area (Å²) < 4.78 is 5.47. The maximum absolute atomic E-state index is 11.8. The third kappa shape index (κ3) is 3.33. The van der Waals surface area contributed by atoms with E-state index in [2.05, 4.69) is 10.6 Å². The zero-order valence-corrected chi connectivity index (χ0v) is 11.8. The lowest BCUT2D eigenvalue weighted by Crippen LogP contribution is -2.39. The van der Waals surface area contributed by atoms with Crippen molar-refractivity contribution >= 4 is 11.7 Å². The number of rotatable bonds is 4. The summed E-state index contributed by atoms with van der Waals surface area (Å²) in [6.07, 6.45) is -0.671. The highest BCUT2D eigenvalue weighted by atomic mass is 16.5. The summed E-state index contributed by atoms with van der Waals surface area (Å²) in [5.41, 5.74) is 1.77. The maximum atomic E-state index is 11.8. The van der Waals surface area contributed by atoms with Crippen LogP contribution in [0.3, 0.4) is 0 Å². The van der Waals surface area contributed by atoms with Crippen LogP contribution in [0.1, 0.15) is 19.4 Å². The Morgan fingerprint density at radius 1 is 1.55 bits per heavy atom. The van der Waals surface area contributed by atoms with E-state index in [1.807, 2.05) is 32.0 Å². The number of aliphatic hydroxyl groups excluding tert-OH is 1. The first kappa shape index (κ1) is 14.5. The topological polar surface area (TPSA) is 73.8 Å². The molecule has 3 N–H and O–H groups in total. The first-order valence-corrected chi connectivity index (χ1v) is 6.87. The SMILES string of the molecule is CCNC(=O)N(CC)Cc1ccc2c(c1)OC[C@@H](O)N2. The van der Waals surface area contributed by atoms with Crippen molar-refractivity contribution in [2.45, 2.75) is 26.6 Å². The highest BCUT2D eigenvalue weighted by Crippen LogP contribution is 2.29. The number of urea groups is 1. The molecule has 0 unspecified atom stereocenters. The van der Waals surface area contributed by atoms with Gasteiger partial charge in [-0.15, -0.1) is 0 Å². The molecule has 0 spiro atoms. The van der Waals surface area contributed by atoms with E-state index >= 15 is 0 Å². The Bertz CT molecular complexity index is 479. The summed E-state index contributed by atoms with van der Waals surface area (Å²) in [5, 5.41) is 15.2. The van der Waals surface area contributed by atoms with Crippen molar-refractivity contribution in [3.63, 3.8) is 0 Å². The van der Waals surface area contributed by atoms with Crippen LogP contribution in [-0.2, 0) is 6.54 Å². The third-order valence-electron chi connectivity index (χ3n) is 3.14. The monoisotopic (exact) mass is 279 g/mol. The van der Waals surface area contributed by atoms with Gasteiger partial charge in [0.25, 0.3) is 0 Å². The molecule has 1 aromatic rings. The molecule has 2 rings (SSSR count). The first-order valence-electron chi connectivity index (χ1n) is 6.87. The van der Waals surface area contributed by atoms with E-state index in [0.717, 1.165) is 11.3 Å². The molecule has 0 fully saturated rings. The second kappa shape index (κ2) is 6.47. The van der Waals surface area contributed by atoms with Gasteiger partial charge in [-0.25, -0.2) is 4.79 Å². The maximum Gasteiger partial charge on any atom is 0.317 e. The van der Waals surface area contributed by atoms with Crippen molar-refractivity contribution in [3.8, 4) is 5.75 Å². The quantitative estimate of drug-likeness (QED) is 0.778. The predicted octanol–water partition coefficient (Wildman–Crippen LogP) is 1.36. The van der Waals surface area contributed by atoms with Crippen LogP contribution in [0.4, 0.5) is 10.5 Å². The fourth-order valence-electron chi connectivity index (χ4n) is 2.10. The second-order valence-corrected chi connectivity index (χ2v) is 4.65. The van der Waals surface area contributed by atoms with Crippen LogP contribution >= 0.6 is 0 Å². The molecule has 0 aliphatic carbocycles. The molecule has 110 valence electrons. The molecule has 0 saturated carbocycles. The minimum atomic E-state index is -0.671. The fraction of sp³-hybridized carbons (Fsp3) is 0.500. The van der Waals surface area contributed by atoms with E-state index in [1.165, 1.54) is 0 Å². The normalized spacial score (nSPS) is 16.6. The molecule has 6 nitrogen and oxygen atoms in total. The van der Waals surface area contributed by atoms with Gasteiger partial charge in [-0.2, -0.15) is 0 Å². The van der Waals surface area contributed by atoms with Gasteiger partial charge in [0.1, 0.15) is 12.4 Å². The minimum Gasteiger partial charge on any atom is -0.487 e. The lowest BCUT2D eigenvalue weighted by molar-refractivity contribution is 0.119. The molecule has 20 heavy (non-hydrogen) atoms. The minimum absolute atomic E-state index is 0.0674. The largest absolute Gasteiger partial charge is 0.487 e. The van der Waals surface area contributed by atoms with E-state index in [9.17, 15) is 9.90 Å². The molecule has 1 aromatic carbocycles. The number of ether oxygens (including phenoxy) is 1. The van der Waals surface area contributed by atoms with E-state index < -0.39 is 6.23 Å². The van der Waals surface area contributed by atoms with Gasteiger partial charge in [0, 0.05) is 19.6 Å². The van der Waals surface area contributed by atoms with Crippen molar-refractivity contribution in [2.75, 3.05) is 25.0 Å². The Labute approximate surface area is 118 Å². The van der Waals surface area contributed by atoms with Crippen LogP contribution in [0.25, 0.3) is 0 Å². The fourth-order valence-corrected chi connectivity index (χ4v) is 2.10. The molecule has 2 amide bonds. The van der Waals surface area contributed by atoms with Gasteiger partial charge in [-0.3, -0.25) is 0 Å². The number of anilines is 1. The molecule has 0 bridgehead atoms. The van der Waals surface area contributed by atoms with Crippen LogP contribution < -0.4 is 15.4 Å². The van der Waals surface area contributed by atoms with Crippen molar-refractivity contribution in [1.29, 1.82) is 0 Å². The number of nitrogens with one attached hydrogen (secondary N) is 2.